The summed E-state index contributed by atoms with van der Waals surface area (Å²) < 4.78 is 6.32. The molecule has 1 aromatic heterocycles. The van der Waals surface area contributed by atoms with Crippen molar-refractivity contribution >= 4 is 34.3 Å². The van der Waals surface area contributed by atoms with Gasteiger partial charge in [-0.05, 0) is 89.7 Å². The van der Waals surface area contributed by atoms with E-state index in [9.17, 15) is 9.59 Å². The fourth-order valence-corrected chi connectivity index (χ4v) is 5.79. The van der Waals surface area contributed by atoms with Crippen LogP contribution in [0.15, 0.2) is 121 Å². The molecule has 0 saturated carbocycles. The molecule has 5 aromatic carbocycles. The van der Waals surface area contributed by atoms with Crippen LogP contribution >= 0.6 is 11.6 Å². The lowest BCUT2D eigenvalue weighted by molar-refractivity contribution is -0.119. The second kappa shape index (κ2) is 14.9. The van der Waals surface area contributed by atoms with Crippen LogP contribution in [0.5, 0.6) is 11.5 Å². The van der Waals surface area contributed by atoms with Crippen molar-refractivity contribution in [3.63, 3.8) is 0 Å². The highest BCUT2D eigenvalue weighted by Gasteiger charge is 2.20. The first kappa shape index (κ1) is 31.8. The Morgan fingerprint density at radius 1 is 0.809 bits per heavy atom. The van der Waals surface area contributed by atoms with Crippen molar-refractivity contribution in [3.05, 3.63) is 143 Å². The number of hydrogen-bond donors (Lipinski definition) is 4. The predicted molar refractivity (Wildman–Crippen MR) is 189 cm³/mol. The maximum Gasteiger partial charge on any atom is 0.258 e. The first-order valence-electron chi connectivity index (χ1n) is 15.5. The molecule has 0 fully saturated rings. The molecule has 47 heavy (non-hydrogen) atoms. The second-order valence-corrected chi connectivity index (χ2v) is 11.7. The normalized spacial score (nSPS) is 11.0. The number of ether oxygens (including phenoxy) is 1. The average molecular weight is 643 g/mol. The summed E-state index contributed by atoms with van der Waals surface area (Å²) in [5, 5.41) is 7.42. The molecule has 8 heteroatoms. The molecule has 236 valence electrons. The van der Waals surface area contributed by atoms with Crippen LogP contribution < -0.4 is 21.1 Å². The van der Waals surface area contributed by atoms with Crippen LogP contribution in [0, 0.1) is 0 Å². The van der Waals surface area contributed by atoms with Gasteiger partial charge in [-0.1, -0.05) is 78.3 Å². The number of aromatic nitrogens is 1. The van der Waals surface area contributed by atoms with E-state index in [1.54, 1.807) is 18.2 Å². The van der Waals surface area contributed by atoms with Crippen molar-refractivity contribution < 1.29 is 14.3 Å². The van der Waals surface area contributed by atoms with E-state index in [0.717, 1.165) is 35.0 Å². The van der Waals surface area contributed by atoms with Gasteiger partial charge in [0.25, 0.3) is 5.91 Å². The van der Waals surface area contributed by atoms with E-state index in [2.05, 4.69) is 27.8 Å². The van der Waals surface area contributed by atoms with E-state index in [0.29, 0.717) is 46.3 Å². The van der Waals surface area contributed by atoms with Crippen LogP contribution in [0.2, 0.25) is 5.02 Å². The number of aromatic amines is 1. The Kier molecular flexibility index (Phi) is 10.1. The van der Waals surface area contributed by atoms with Crippen LogP contribution in [-0.4, -0.2) is 29.9 Å². The lowest BCUT2D eigenvalue weighted by Gasteiger charge is -2.17. The van der Waals surface area contributed by atoms with Crippen molar-refractivity contribution in [2.75, 3.05) is 13.1 Å². The van der Waals surface area contributed by atoms with Crippen LogP contribution in [-0.2, 0) is 17.8 Å². The molecule has 7 nitrogen and oxygen atoms in total. The SMILES string of the molecule is NCc1cccc(Oc2cc(Cl)ccc2-c2cc(-c3ccccc3)ccc2C(=O)NC(=O)CNCCCc2c[nH]c3ccccc23)c1. The van der Waals surface area contributed by atoms with Gasteiger partial charge in [-0.15, -0.1) is 0 Å². The number of aryl methyl sites for hydroxylation is 1. The monoisotopic (exact) mass is 642 g/mol. The third-order valence-corrected chi connectivity index (χ3v) is 8.22. The number of nitrogens with one attached hydrogen (secondary N) is 3. The number of carbonyl (C=O) groups excluding carboxylic acids is 2. The molecule has 0 unspecified atom stereocenters. The Hall–Kier alpha value is -5.21. The molecule has 0 atom stereocenters. The Bertz CT molecular complexity index is 2020. The zero-order valence-electron chi connectivity index (χ0n) is 25.8. The molecule has 2 amide bonds. The van der Waals surface area contributed by atoms with E-state index in [1.807, 2.05) is 91.1 Å². The van der Waals surface area contributed by atoms with Crippen LogP contribution in [0.1, 0.15) is 27.9 Å². The van der Waals surface area contributed by atoms with Gasteiger partial charge in [0.15, 0.2) is 0 Å². The number of nitrogens with two attached hydrogens (primary N) is 1. The van der Waals surface area contributed by atoms with Gasteiger partial charge in [0.2, 0.25) is 5.91 Å². The van der Waals surface area contributed by atoms with E-state index in [4.69, 9.17) is 22.1 Å². The number of rotatable bonds is 12. The lowest BCUT2D eigenvalue weighted by Crippen LogP contribution is -2.38. The molecule has 0 radical (unpaired) electrons. The largest absolute Gasteiger partial charge is 0.457 e. The third-order valence-electron chi connectivity index (χ3n) is 7.98. The first-order valence-corrected chi connectivity index (χ1v) is 15.9. The zero-order valence-corrected chi connectivity index (χ0v) is 26.5. The highest BCUT2D eigenvalue weighted by Crippen LogP contribution is 2.39. The highest BCUT2D eigenvalue weighted by molar-refractivity contribution is 6.30. The smallest absolute Gasteiger partial charge is 0.258 e. The minimum absolute atomic E-state index is 0.0177. The second-order valence-electron chi connectivity index (χ2n) is 11.2. The number of imide groups is 1. The van der Waals surface area contributed by atoms with Crippen molar-refractivity contribution in [2.45, 2.75) is 19.4 Å². The van der Waals surface area contributed by atoms with Crippen molar-refractivity contribution in [1.82, 2.24) is 15.6 Å². The number of fused-ring (bicyclic) bond motifs is 1. The van der Waals surface area contributed by atoms with Crippen molar-refractivity contribution in [1.29, 1.82) is 0 Å². The number of halogens is 1. The molecule has 6 rings (SSSR count). The summed E-state index contributed by atoms with van der Waals surface area (Å²) >= 11 is 6.42. The molecule has 5 N–H and O–H groups in total. The summed E-state index contributed by atoms with van der Waals surface area (Å²) in [5.41, 5.74) is 12.6. The minimum atomic E-state index is -0.503. The summed E-state index contributed by atoms with van der Waals surface area (Å²) in [5.74, 6) is 0.143. The van der Waals surface area contributed by atoms with E-state index >= 15 is 0 Å². The lowest BCUT2D eigenvalue weighted by atomic mass is 9.93. The number of amides is 2. The van der Waals surface area contributed by atoms with Gasteiger partial charge in [0.1, 0.15) is 11.5 Å². The summed E-state index contributed by atoms with van der Waals surface area (Å²) in [4.78, 5) is 29.8. The topological polar surface area (TPSA) is 109 Å². The van der Waals surface area contributed by atoms with Gasteiger partial charge < -0.3 is 20.8 Å². The molecule has 0 aliphatic rings. The summed E-state index contributed by atoms with van der Waals surface area (Å²) in [6, 6.07) is 36.4. The van der Waals surface area contributed by atoms with E-state index in [-0.39, 0.29) is 6.54 Å². The minimum Gasteiger partial charge on any atom is -0.457 e. The molecule has 0 bridgehead atoms. The number of benzene rings is 5. The molecule has 0 aliphatic heterocycles. The van der Waals surface area contributed by atoms with Crippen molar-refractivity contribution in [2.24, 2.45) is 5.73 Å². The fraction of sp³-hybridized carbons (Fsp3) is 0.128. The number of para-hydroxylation sites is 1. The van der Waals surface area contributed by atoms with Gasteiger partial charge in [-0.3, -0.25) is 14.9 Å². The van der Waals surface area contributed by atoms with Crippen molar-refractivity contribution in [3.8, 4) is 33.8 Å². The molecule has 0 aliphatic carbocycles. The number of H-pyrrole nitrogens is 1. The van der Waals surface area contributed by atoms with Gasteiger partial charge >= 0.3 is 0 Å². The van der Waals surface area contributed by atoms with E-state index in [1.165, 1.54) is 10.9 Å². The van der Waals surface area contributed by atoms with Crippen LogP contribution in [0.25, 0.3) is 33.2 Å². The molecular weight excluding hydrogens is 608 g/mol. The molecule has 6 aromatic rings. The molecule has 0 spiro atoms. The maximum atomic E-state index is 13.6. The quantitative estimate of drug-likeness (QED) is 0.102. The number of hydrogen-bond acceptors (Lipinski definition) is 5. The summed E-state index contributed by atoms with van der Waals surface area (Å²) in [7, 11) is 0. The highest BCUT2D eigenvalue weighted by atomic mass is 35.5. The van der Waals surface area contributed by atoms with Gasteiger partial charge in [0, 0.05) is 45.9 Å². The first-order chi connectivity index (χ1) is 23.0. The maximum absolute atomic E-state index is 13.6. The fourth-order valence-electron chi connectivity index (χ4n) is 5.62. The molecule has 1 heterocycles. The Labute approximate surface area is 278 Å². The van der Waals surface area contributed by atoms with E-state index < -0.39 is 11.8 Å². The molecular formula is C39H35ClN4O3. The van der Waals surface area contributed by atoms with Gasteiger partial charge in [0.05, 0.1) is 6.54 Å². The van der Waals surface area contributed by atoms with Crippen LogP contribution in [0.4, 0.5) is 0 Å². The zero-order chi connectivity index (χ0) is 32.6. The number of carbonyl (C=O) groups is 2. The average Bonchev–Trinajstić information content (AvgIpc) is 3.51. The predicted octanol–water partition coefficient (Wildman–Crippen LogP) is 7.89. The Balaban J connectivity index is 1.20. The summed E-state index contributed by atoms with van der Waals surface area (Å²) in [6.45, 7) is 1.02. The van der Waals surface area contributed by atoms with Crippen LogP contribution in [0.3, 0.4) is 0 Å². The van der Waals surface area contributed by atoms with Gasteiger partial charge in [-0.2, -0.15) is 0 Å². The van der Waals surface area contributed by atoms with Gasteiger partial charge in [-0.25, -0.2) is 0 Å². The Morgan fingerprint density at radius 2 is 1.64 bits per heavy atom. The Morgan fingerprint density at radius 3 is 2.49 bits per heavy atom. The standard InChI is InChI=1S/C39H35ClN4O3/c40-30-16-18-33(37(22-30)47-31-12-6-8-26(20-31)23-41)35-21-28(27-9-2-1-3-10-27)15-17-34(35)39(46)44-38(45)25-42-19-7-11-29-24-43-36-14-5-4-13-32(29)36/h1-6,8-10,12-18,20-22,24,42-43H,7,11,19,23,25,41H2,(H,44,45,46). The molecule has 0 saturated heterocycles. The summed E-state index contributed by atoms with van der Waals surface area (Å²) in [6.07, 6.45) is 3.75. The third kappa shape index (κ3) is 7.79.